The van der Waals surface area contributed by atoms with E-state index in [0.717, 1.165) is 22.8 Å². The average molecular weight is 518 g/mol. The van der Waals surface area contributed by atoms with Crippen molar-refractivity contribution in [2.45, 2.75) is 27.7 Å². The number of aromatic nitrogens is 6. The molecule has 29 heavy (non-hydrogen) atoms. The second-order valence-corrected chi connectivity index (χ2v) is 9.00. The topological polar surface area (TPSA) is 61.4 Å². The molecule has 4 heterocycles. The molecule has 0 saturated carbocycles. The standard InChI is InChI=1S/2C10H11N3.2ClH.Ru/c2*1-8-3-4-11-10(5-8)13-7-9(2)6-12-13;;;/h2*3-7H,1-2H3;2*1H;/q;;;;+4/p-2. The summed E-state index contributed by atoms with van der Waals surface area (Å²) < 4.78 is 3.56. The van der Waals surface area contributed by atoms with Gasteiger partial charge in [0.05, 0.1) is 12.4 Å². The third-order valence-electron chi connectivity index (χ3n) is 3.69. The van der Waals surface area contributed by atoms with Crippen LogP contribution in [-0.4, -0.2) is 29.5 Å². The number of pyridine rings is 2. The summed E-state index contributed by atoms with van der Waals surface area (Å²) in [6.45, 7) is 8.11. The summed E-state index contributed by atoms with van der Waals surface area (Å²) in [4.78, 5) is 8.45. The molecule has 6 nitrogen and oxygen atoms in total. The van der Waals surface area contributed by atoms with Crippen molar-refractivity contribution in [3.8, 4) is 11.6 Å². The van der Waals surface area contributed by atoms with Gasteiger partial charge in [-0.2, -0.15) is 10.2 Å². The molecule has 0 fully saturated rings. The molecule has 0 spiro atoms. The zero-order valence-corrected chi connectivity index (χ0v) is 19.8. The van der Waals surface area contributed by atoms with E-state index in [0.29, 0.717) is 0 Å². The Hall–Kier alpha value is -2.08. The van der Waals surface area contributed by atoms with Crippen molar-refractivity contribution in [3.05, 3.63) is 83.7 Å². The maximum absolute atomic E-state index is 4.85. The van der Waals surface area contributed by atoms with Gasteiger partial charge in [-0.05, 0) is 74.2 Å². The van der Waals surface area contributed by atoms with Gasteiger partial charge in [-0.3, -0.25) is 0 Å². The van der Waals surface area contributed by atoms with Crippen molar-refractivity contribution < 1.29 is 15.1 Å². The van der Waals surface area contributed by atoms with Gasteiger partial charge in [0.2, 0.25) is 0 Å². The molecular formula is C20H22Cl2N6Ru+2. The fourth-order valence-corrected chi connectivity index (χ4v) is 2.37. The molecule has 0 atom stereocenters. The minimum absolute atomic E-state index is 0.346. The molecule has 0 aliphatic carbocycles. The Morgan fingerprint density at radius 2 is 1.07 bits per heavy atom. The van der Waals surface area contributed by atoms with Gasteiger partial charge in [0.25, 0.3) is 0 Å². The van der Waals surface area contributed by atoms with E-state index in [2.05, 4.69) is 20.2 Å². The van der Waals surface area contributed by atoms with Crippen LogP contribution in [0.1, 0.15) is 22.3 Å². The van der Waals surface area contributed by atoms with Gasteiger partial charge in [-0.1, -0.05) is 0 Å². The zero-order valence-electron chi connectivity index (χ0n) is 16.6. The van der Waals surface area contributed by atoms with Crippen molar-refractivity contribution in [1.29, 1.82) is 0 Å². The first-order valence-corrected chi connectivity index (χ1v) is 13.1. The van der Waals surface area contributed by atoms with E-state index in [4.69, 9.17) is 19.4 Å². The molecule has 152 valence electrons. The van der Waals surface area contributed by atoms with Crippen molar-refractivity contribution >= 4 is 19.4 Å². The predicted octanol–water partition coefficient (Wildman–Crippen LogP) is 5.14. The molecule has 4 rings (SSSR count). The molecule has 9 heteroatoms. The van der Waals surface area contributed by atoms with Crippen LogP contribution in [0.15, 0.2) is 61.4 Å². The first kappa shape index (κ1) is 23.2. The van der Waals surface area contributed by atoms with Gasteiger partial charge < -0.3 is 0 Å². The van der Waals surface area contributed by atoms with Crippen molar-refractivity contribution in [3.63, 3.8) is 0 Å². The van der Waals surface area contributed by atoms with Crippen molar-refractivity contribution in [2.75, 3.05) is 0 Å². The minimum atomic E-state index is -0.346. The molecule has 0 radical (unpaired) electrons. The molecule has 0 amide bonds. The Kier molecular flexibility index (Phi) is 9.45. The predicted molar refractivity (Wildman–Crippen MR) is 113 cm³/mol. The Morgan fingerprint density at radius 1 is 0.690 bits per heavy atom. The number of rotatable bonds is 2. The van der Waals surface area contributed by atoms with E-state index in [1.54, 1.807) is 21.8 Å². The number of hydrogen-bond donors (Lipinski definition) is 0. The van der Waals surface area contributed by atoms with E-state index in [-0.39, 0.29) is 15.1 Å². The molecule has 4 aromatic heterocycles. The summed E-state index contributed by atoms with van der Waals surface area (Å²) in [5.41, 5.74) is 4.67. The van der Waals surface area contributed by atoms with E-state index in [9.17, 15) is 0 Å². The van der Waals surface area contributed by atoms with Gasteiger partial charge in [0.1, 0.15) is 0 Å². The Morgan fingerprint density at radius 3 is 1.34 bits per heavy atom. The van der Waals surface area contributed by atoms with Crippen LogP contribution in [0.4, 0.5) is 0 Å². The number of nitrogens with zero attached hydrogens (tertiary/aromatic N) is 6. The quantitative estimate of drug-likeness (QED) is 0.345. The molecule has 0 saturated heterocycles. The second kappa shape index (κ2) is 11.8. The van der Waals surface area contributed by atoms with Gasteiger partial charge in [-0.25, -0.2) is 19.3 Å². The van der Waals surface area contributed by atoms with Crippen LogP contribution < -0.4 is 0 Å². The summed E-state index contributed by atoms with van der Waals surface area (Å²) in [6.07, 6.45) is 11.2. The molecule has 4 aromatic rings. The molecule has 0 aliphatic rings. The molecule has 0 bridgehead atoms. The monoisotopic (exact) mass is 518 g/mol. The van der Waals surface area contributed by atoms with Crippen LogP contribution in [0, 0.1) is 27.7 Å². The molecule has 0 aliphatic heterocycles. The van der Waals surface area contributed by atoms with Crippen molar-refractivity contribution in [2.24, 2.45) is 0 Å². The summed E-state index contributed by atoms with van der Waals surface area (Å²) in [7, 11) is 9.71. The fourth-order valence-electron chi connectivity index (χ4n) is 2.37. The summed E-state index contributed by atoms with van der Waals surface area (Å²) in [5, 5.41) is 8.36. The number of aryl methyl sites for hydroxylation is 4. The Balaban J connectivity index is 0.000000183. The third kappa shape index (κ3) is 7.69. The molecule has 0 unspecified atom stereocenters. The molecule has 0 aromatic carbocycles. The van der Waals surface area contributed by atoms with Crippen LogP contribution in [-0.2, 0) is 15.1 Å². The van der Waals surface area contributed by atoms with Crippen LogP contribution in [0.5, 0.6) is 0 Å². The summed E-state index contributed by atoms with van der Waals surface area (Å²) in [5.74, 6) is 1.74. The van der Waals surface area contributed by atoms with E-state index >= 15 is 0 Å². The number of halogens is 2. The zero-order chi connectivity index (χ0) is 21.2. The Labute approximate surface area is 186 Å². The summed E-state index contributed by atoms with van der Waals surface area (Å²) >= 11 is -0.346. The molecular weight excluding hydrogens is 496 g/mol. The first-order valence-electron chi connectivity index (χ1n) is 8.66. The SMILES string of the molecule is Cc1ccnc(-n2cc(C)cn2)c1.Cc1ccnc(-n2cc(C)cn2)c1.[Cl][Ru+2][Cl]. The van der Waals surface area contributed by atoms with Crippen LogP contribution in [0.2, 0.25) is 0 Å². The van der Waals surface area contributed by atoms with Gasteiger partial charge >= 0.3 is 34.5 Å². The maximum atomic E-state index is 4.85. The van der Waals surface area contributed by atoms with E-state index in [1.807, 2.05) is 76.7 Å². The van der Waals surface area contributed by atoms with Crippen molar-refractivity contribution in [1.82, 2.24) is 29.5 Å². The third-order valence-corrected chi connectivity index (χ3v) is 3.69. The van der Waals surface area contributed by atoms with Crippen LogP contribution in [0.3, 0.4) is 0 Å². The summed E-state index contributed by atoms with van der Waals surface area (Å²) in [6, 6.07) is 7.96. The van der Waals surface area contributed by atoms with E-state index in [1.165, 1.54) is 11.1 Å². The average Bonchev–Trinajstić information content (AvgIpc) is 3.31. The fraction of sp³-hybridized carbons (Fsp3) is 0.200. The Bertz CT molecular complexity index is 949. The van der Waals surface area contributed by atoms with Gasteiger partial charge in [0.15, 0.2) is 11.6 Å². The van der Waals surface area contributed by atoms with Gasteiger partial charge in [-0.15, -0.1) is 0 Å². The number of hydrogen-bond acceptors (Lipinski definition) is 4. The van der Waals surface area contributed by atoms with E-state index < -0.39 is 0 Å². The van der Waals surface area contributed by atoms with Crippen LogP contribution >= 0.6 is 19.4 Å². The second-order valence-electron chi connectivity index (χ2n) is 6.36. The molecule has 0 N–H and O–H groups in total. The normalized spacial score (nSPS) is 9.86. The van der Waals surface area contributed by atoms with Crippen LogP contribution in [0.25, 0.3) is 11.6 Å². The van der Waals surface area contributed by atoms with Gasteiger partial charge in [0, 0.05) is 24.8 Å². The first-order chi connectivity index (χ1) is 13.9.